The number of aromatic nitrogens is 6. The normalized spacial score (nSPS) is 12.4. The summed E-state index contributed by atoms with van der Waals surface area (Å²) in [5.74, 6) is 0. The lowest BCUT2D eigenvalue weighted by Crippen LogP contribution is -2.25. The number of unbranched alkanes of at least 4 members (excludes halogenated alkanes) is 5. The Morgan fingerprint density at radius 2 is 0.967 bits per heavy atom. The van der Waals surface area contributed by atoms with Crippen LogP contribution in [0.2, 0.25) is 0 Å². The summed E-state index contributed by atoms with van der Waals surface area (Å²) in [6.07, 6.45) is 13.7. The SMILES string of the molecule is CCCCCCCCn1c(=O)c2cc3c(=O)n(-c4c5nc(c(-c6ccccc6)c6ccc([nH]6)c(Br)c6nc(c(-c7ccccc7)c7ccc4[nH]7)C=C6)C=C5)c(=O)c3cc2c1=O. The summed E-state index contributed by atoms with van der Waals surface area (Å²) in [6, 6.07) is 30.4. The molecule has 0 atom stereocenters. The van der Waals surface area contributed by atoms with Gasteiger partial charge in [-0.25, -0.2) is 14.5 Å². The highest BCUT2D eigenvalue weighted by atomic mass is 79.9. The van der Waals surface area contributed by atoms with Crippen LogP contribution in [-0.2, 0) is 6.54 Å². The molecule has 11 heteroatoms. The fraction of sp³-hybridized carbons (Fsp3) is 0.160. The molecule has 5 aromatic heterocycles. The molecule has 10 rings (SSSR count). The van der Waals surface area contributed by atoms with Gasteiger partial charge >= 0.3 is 0 Å². The zero-order valence-electron chi connectivity index (χ0n) is 33.3. The highest BCUT2D eigenvalue weighted by molar-refractivity contribution is 9.10. The van der Waals surface area contributed by atoms with Crippen LogP contribution in [0.5, 0.6) is 0 Å². The van der Waals surface area contributed by atoms with Crippen LogP contribution in [0.15, 0.2) is 121 Å². The van der Waals surface area contributed by atoms with Crippen molar-refractivity contribution in [2.24, 2.45) is 0 Å². The Morgan fingerprint density at radius 3 is 1.56 bits per heavy atom. The van der Waals surface area contributed by atoms with E-state index in [1.165, 1.54) is 16.7 Å². The standard InChI is InChI=1S/C50H39BrN6O4/c1-2-3-4-5-6-13-26-56-47(58)31-27-33-34(28-32(31)48(56)59)50(61)57(49(33)60)46-41-24-20-37(54-41)43(29-14-9-7-10-15-29)35-18-22-39(52-35)45(51)40-23-19-36(53-40)44(30-16-11-8-12-17-30)38-21-25-42(46)55-38/h7-12,14-25,27-28,52,55H,2-6,13,26H2,1H3. The lowest BCUT2D eigenvalue weighted by atomic mass is 10.0. The van der Waals surface area contributed by atoms with Gasteiger partial charge in [0.15, 0.2) is 0 Å². The second-order valence-electron chi connectivity index (χ2n) is 15.6. The van der Waals surface area contributed by atoms with E-state index in [-0.39, 0.29) is 27.2 Å². The summed E-state index contributed by atoms with van der Waals surface area (Å²) in [4.78, 5) is 74.2. The Balaban J connectivity index is 1.26. The van der Waals surface area contributed by atoms with Crippen molar-refractivity contribution >= 4 is 83.8 Å². The molecule has 3 aromatic carbocycles. The van der Waals surface area contributed by atoms with Crippen molar-refractivity contribution in [3.05, 3.63) is 166 Å². The molecule has 0 aliphatic carbocycles. The first kappa shape index (κ1) is 38.2. The van der Waals surface area contributed by atoms with Crippen LogP contribution in [0.1, 0.15) is 68.2 Å². The van der Waals surface area contributed by atoms with Crippen molar-refractivity contribution in [1.82, 2.24) is 29.1 Å². The summed E-state index contributed by atoms with van der Waals surface area (Å²) in [6.45, 7) is 2.45. The summed E-state index contributed by atoms with van der Waals surface area (Å²) in [5, 5.41) is 0.395. The lowest BCUT2D eigenvalue weighted by Gasteiger charge is -2.05. The van der Waals surface area contributed by atoms with Crippen LogP contribution in [0, 0.1) is 0 Å². The van der Waals surface area contributed by atoms with Crippen molar-refractivity contribution in [3.63, 3.8) is 0 Å². The third kappa shape index (κ3) is 6.56. The maximum Gasteiger partial charge on any atom is 0.266 e. The molecule has 10 nitrogen and oxygen atoms in total. The number of fused-ring (bicyclic) bond motifs is 10. The molecule has 0 saturated heterocycles. The molecular formula is C50H39BrN6O4. The van der Waals surface area contributed by atoms with Gasteiger partial charge in [0.2, 0.25) is 0 Å². The molecule has 2 aliphatic rings. The number of nitrogens with one attached hydrogen (secondary N) is 2. The highest BCUT2D eigenvalue weighted by Crippen LogP contribution is 2.36. The molecule has 0 fully saturated rings. The Bertz CT molecular complexity index is 3390. The molecule has 0 spiro atoms. The molecular weight excluding hydrogens is 828 g/mol. The molecule has 8 aromatic rings. The molecule has 300 valence electrons. The van der Waals surface area contributed by atoms with Gasteiger partial charge in [0.05, 0.1) is 59.8 Å². The van der Waals surface area contributed by atoms with Gasteiger partial charge in [-0.05, 0) is 94.2 Å². The number of rotatable bonds is 10. The second kappa shape index (κ2) is 15.6. The van der Waals surface area contributed by atoms with E-state index in [0.717, 1.165) is 80.1 Å². The number of H-pyrrole nitrogens is 2. The second-order valence-corrected chi connectivity index (χ2v) is 16.4. The first-order chi connectivity index (χ1) is 29.8. The Kier molecular flexibility index (Phi) is 9.75. The maximum absolute atomic E-state index is 14.7. The van der Waals surface area contributed by atoms with E-state index >= 15 is 0 Å². The summed E-state index contributed by atoms with van der Waals surface area (Å²) in [7, 11) is 0. The molecule has 0 unspecified atom stereocenters. The Labute approximate surface area is 357 Å². The van der Waals surface area contributed by atoms with Crippen molar-refractivity contribution in [1.29, 1.82) is 0 Å². The smallest absolute Gasteiger partial charge is 0.266 e. The molecule has 7 heterocycles. The van der Waals surface area contributed by atoms with Crippen molar-refractivity contribution < 1.29 is 0 Å². The van der Waals surface area contributed by atoms with Gasteiger partial charge in [-0.2, -0.15) is 0 Å². The number of nitrogens with zero attached hydrogens (tertiary/aromatic N) is 4. The predicted molar refractivity (Wildman–Crippen MR) is 251 cm³/mol. The number of benzene rings is 3. The average Bonchev–Trinajstić information content (AvgIpc) is 4.16. The molecule has 0 amide bonds. The van der Waals surface area contributed by atoms with E-state index in [4.69, 9.17) is 9.97 Å². The van der Waals surface area contributed by atoms with Crippen LogP contribution >= 0.6 is 15.9 Å². The molecule has 0 saturated carbocycles. The summed E-state index contributed by atoms with van der Waals surface area (Å²) >= 11 is 3.83. The third-order valence-corrected chi connectivity index (χ3v) is 12.6. The molecule has 8 bridgehead atoms. The van der Waals surface area contributed by atoms with Crippen molar-refractivity contribution in [3.8, 4) is 27.9 Å². The first-order valence-corrected chi connectivity index (χ1v) is 21.5. The molecule has 61 heavy (non-hydrogen) atoms. The summed E-state index contributed by atoms with van der Waals surface area (Å²) in [5.41, 5.74) is 6.79. The van der Waals surface area contributed by atoms with Crippen molar-refractivity contribution in [2.75, 3.05) is 0 Å². The molecule has 0 radical (unpaired) electrons. The third-order valence-electron chi connectivity index (χ3n) is 11.7. The van der Waals surface area contributed by atoms with Gasteiger partial charge in [-0.3, -0.25) is 23.7 Å². The Morgan fingerprint density at radius 1 is 0.508 bits per heavy atom. The van der Waals surface area contributed by atoms with Crippen molar-refractivity contribution in [2.45, 2.75) is 52.0 Å². The number of hydrogen-bond acceptors (Lipinski definition) is 6. The van der Waals surface area contributed by atoms with E-state index in [9.17, 15) is 19.2 Å². The summed E-state index contributed by atoms with van der Waals surface area (Å²) < 4.78 is 3.16. The number of halogens is 1. The number of hydrogen-bond donors (Lipinski definition) is 2. The molecule has 2 aliphatic heterocycles. The van der Waals surface area contributed by atoms with Crippen LogP contribution in [0.3, 0.4) is 0 Å². The minimum absolute atomic E-state index is 0.0619. The zero-order chi connectivity index (χ0) is 41.8. The highest BCUT2D eigenvalue weighted by Gasteiger charge is 2.24. The molecule has 2 N–H and O–H groups in total. The largest absolute Gasteiger partial charge is 0.354 e. The van der Waals surface area contributed by atoms with E-state index in [0.29, 0.717) is 41.1 Å². The van der Waals surface area contributed by atoms with Gasteiger partial charge in [0.25, 0.3) is 22.2 Å². The minimum atomic E-state index is -0.612. The number of aromatic amines is 2. The van der Waals surface area contributed by atoms with Gasteiger partial charge in [0, 0.05) is 28.7 Å². The average molecular weight is 868 g/mol. The van der Waals surface area contributed by atoms with Crippen LogP contribution in [-0.4, -0.2) is 29.1 Å². The van der Waals surface area contributed by atoms with Gasteiger partial charge < -0.3 is 9.97 Å². The zero-order valence-corrected chi connectivity index (χ0v) is 34.9. The van der Waals surface area contributed by atoms with E-state index in [2.05, 4.69) is 32.8 Å². The predicted octanol–water partition coefficient (Wildman–Crippen LogP) is 10.3. The van der Waals surface area contributed by atoms with E-state index < -0.39 is 22.2 Å². The van der Waals surface area contributed by atoms with Gasteiger partial charge in [0.1, 0.15) is 5.69 Å². The fourth-order valence-corrected chi connectivity index (χ4v) is 9.14. The maximum atomic E-state index is 14.7. The van der Waals surface area contributed by atoms with Crippen LogP contribution in [0.25, 0.3) is 95.9 Å². The topological polar surface area (TPSA) is 136 Å². The lowest BCUT2D eigenvalue weighted by molar-refractivity contribution is 0.547. The van der Waals surface area contributed by atoms with E-state index in [1.54, 1.807) is 6.08 Å². The first-order valence-electron chi connectivity index (χ1n) is 20.7. The van der Waals surface area contributed by atoms with Gasteiger partial charge in [-0.15, -0.1) is 0 Å². The van der Waals surface area contributed by atoms with Crippen LogP contribution in [0.4, 0.5) is 0 Å². The monoisotopic (exact) mass is 866 g/mol. The van der Waals surface area contributed by atoms with Crippen LogP contribution < -0.4 is 22.2 Å². The minimum Gasteiger partial charge on any atom is -0.354 e. The fourth-order valence-electron chi connectivity index (χ4n) is 8.69. The van der Waals surface area contributed by atoms with Gasteiger partial charge in [-0.1, -0.05) is 99.7 Å². The quantitative estimate of drug-likeness (QED) is 0.131. The Hall–Kier alpha value is -6.98. The van der Waals surface area contributed by atoms with E-state index in [1.807, 2.05) is 103 Å².